The van der Waals surface area contributed by atoms with E-state index in [0.717, 1.165) is 5.56 Å². The molecule has 3 rings (SSSR count). The van der Waals surface area contributed by atoms with Crippen LogP contribution in [0.1, 0.15) is 28.1 Å². The predicted molar refractivity (Wildman–Crippen MR) is 72.2 cm³/mol. The summed E-state index contributed by atoms with van der Waals surface area (Å²) < 4.78 is 5.74. The molecule has 6 heteroatoms. The largest absolute Gasteiger partial charge is 0.370 e. The zero-order valence-corrected chi connectivity index (χ0v) is 11.2. The van der Waals surface area contributed by atoms with Crippen LogP contribution >= 0.6 is 0 Å². The molecule has 0 spiro atoms. The molecule has 0 radical (unpaired) electrons. The van der Waals surface area contributed by atoms with Crippen LogP contribution in [0.3, 0.4) is 0 Å². The summed E-state index contributed by atoms with van der Waals surface area (Å²) in [5.74, 6) is 0.705. The van der Waals surface area contributed by atoms with Crippen molar-refractivity contribution in [2.24, 2.45) is 0 Å². The molecule has 2 heterocycles. The zero-order valence-electron chi connectivity index (χ0n) is 11.2. The molecule has 1 aliphatic heterocycles. The van der Waals surface area contributed by atoms with E-state index in [1.54, 1.807) is 11.8 Å². The summed E-state index contributed by atoms with van der Waals surface area (Å²) in [6.45, 7) is 3.39. The molecule has 0 saturated carbocycles. The Hall–Kier alpha value is -2.21. The summed E-state index contributed by atoms with van der Waals surface area (Å²) in [5, 5.41) is 6.61. The lowest BCUT2D eigenvalue weighted by Gasteiger charge is -2.32. The van der Waals surface area contributed by atoms with Crippen LogP contribution in [0, 0.1) is 6.92 Å². The number of aromatic nitrogens is 3. The lowest BCUT2D eigenvalue weighted by atomic mass is 10.1. The van der Waals surface area contributed by atoms with Crippen molar-refractivity contribution < 1.29 is 9.53 Å². The average molecular weight is 272 g/mol. The molecule has 1 aromatic carbocycles. The first kappa shape index (κ1) is 12.8. The maximum atomic E-state index is 12.3. The fourth-order valence-corrected chi connectivity index (χ4v) is 2.28. The van der Waals surface area contributed by atoms with Crippen molar-refractivity contribution in [2.45, 2.75) is 13.0 Å². The first-order chi connectivity index (χ1) is 9.74. The number of aryl methyl sites for hydroxylation is 1. The van der Waals surface area contributed by atoms with Gasteiger partial charge in [0.1, 0.15) is 11.9 Å². The molecule has 0 bridgehead atoms. The van der Waals surface area contributed by atoms with E-state index in [0.29, 0.717) is 25.5 Å². The Morgan fingerprint density at radius 3 is 2.90 bits per heavy atom. The summed E-state index contributed by atoms with van der Waals surface area (Å²) in [5.41, 5.74) is 1.08. The van der Waals surface area contributed by atoms with Gasteiger partial charge >= 0.3 is 0 Å². The van der Waals surface area contributed by atoms with Gasteiger partial charge in [-0.2, -0.15) is 0 Å². The first-order valence-corrected chi connectivity index (χ1v) is 6.59. The Morgan fingerprint density at radius 1 is 1.40 bits per heavy atom. The highest BCUT2D eigenvalue weighted by molar-refractivity contribution is 5.90. The monoisotopic (exact) mass is 272 g/mol. The second-order valence-electron chi connectivity index (χ2n) is 4.77. The lowest BCUT2D eigenvalue weighted by Crippen LogP contribution is -2.42. The molecule has 1 unspecified atom stereocenters. The van der Waals surface area contributed by atoms with Crippen molar-refractivity contribution in [3.63, 3.8) is 0 Å². The highest BCUT2D eigenvalue weighted by Gasteiger charge is 2.27. The number of carbonyl (C=O) groups excluding carboxylic acids is 1. The van der Waals surface area contributed by atoms with Gasteiger partial charge in [-0.15, -0.1) is 5.10 Å². The second-order valence-corrected chi connectivity index (χ2v) is 4.77. The fraction of sp³-hybridized carbons (Fsp3) is 0.357. The van der Waals surface area contributed by atoms with E-state index in [9.17, 15) is 4.79 Å². The normalized spacial score (nSPS) is 19.1. The molecule has 20 heavy (non-hydrogen) atoms. The van der Waals surface area contributed by atoms with Crippen LogP contribution in [0.5, 0.6) is 0 Å². The van der Waals surface area contributed by atoms with E-state index in [4.69, 9.17) is 4.74 Å². The number of H-pyrrole nitrogens is 1. The molecule has 1 aliphatic rings. The Labute approximate surface area is 116 Å². The molecule has 104 valence electrons. The van der Waals surface area contributed by atoms with Crippen LogP contribution in [-0.2, 0) is 4.74 Å². The summed E-state index contributed by atoms with van der Waals surface area (Å²) in [6, 6.07) is 9.92. The van der Waals surface area contributed by atoms with Crippen LogP contribution in [0.4, 0.5) is 0 Å². The number of amides is 1. The molecule has 0 aliphatic carbocycles. The van der Waals surface area contributed by atoms with Crippen molar-refractivity contribution in [1.82, 2.24) is 20.1 Å². The van der Waals surface area contributed by atoms with Crippen molar-refractivity contribution in [2.75, 3.05) is 19.7 Å². The van der Waals surface area contributed by atoms with Crippen LogP contribution in [0.25, 0.3) is 0 Å². The molecule has 1 amide bonds. The lowest BCUT2D eigenvalue weighted by molar-refractivity contribution is -0.0232. The molecule has 6 nitrogen and oxygen atoms in total. The number of aromatic amines is 1. The van der Waals surface area contributed by atoms with Gasteiger partial charge in [-0.1, -0.05) is 30.3 Å². The SMILES string of the molecule is Cc1nc(C(=O)N2CCOC(c3ccccc3)C2)n[nH]1. The minimum Gasteiger partial charge on any atom is -0.370 e. The van der Waals surface area contributed by atoms with E-state index in [1.165, 1.54) is 0 Å². The molecule has 1 atom stereocenters. The zero-order chi connectivity index (χ0) is 13.9. The second kappa shape index (κ2) is 5.42. The van der Waals surface area contributed by atoms with E-state index in [-0.39, 0.29) is 17.8 Å². The summed E-state index contributed by atoms with van der Waals surface area (Å²) >= 11 is 0. The number of nitrogens with one attached hydrogen (secondary N) is 1. The van der Waals surface area contributed by atoms with E-state index >= 15 is 0 Å². The third-order valence-electron chi connectivity index (χ3n) is 3.31. The van der Waals surface area contributed by atoms with Crippen LogP contribution < -0.4 is 0 Å². The van der Waals surface area contributed by atoms with Gasteiger partial charge in [0.05, 0.1) is 13.2 Å². The maximum Gasteiger partial charge on any atom is 0.293 e. The number of hydrogen-bond donors (Lipinski definition) is 1. The van der Waals surface area contributed by atoms with Crippen molar-refractivity contribution >= 4 is 5.91 Å². The van der Waals surface area contributed by atoms with Crippen LogP contribution in [0.2, 0.25) is 0 Å². The Kier molecular flexibility index (Phi) is 3.47. The predicted octanol–water partition coefficient (Wildman–Crippen LogP) is 1.33. The smallest absolute Gasteiger partial charge is 0.293 e. The summed E-state index contributed by atoms with van der Waals surface area (Å²) in [7, 11) is 0. The highest BCUT2D eigenvalue weighted by Crippen LogP contribution is 2.22. The number of nitrogens with zero attached hydrogens (tertiary/aromatic N) is 3. The van der Waals surface area contributed by atoms with Gasteiger partial charge in [-0.05, 0) is 12.5 Å². The highest BCUT2D eigenvalue weighted by atomic mass is 16.5. The summed E-state index contributed by atoms with van der Waals surface area (Å²) in [6.07, 6.45) is -0.0889. The maximum absolute atomic E-state index is 12.3. The van der Waals surface area contributed by atoms with Gasteiger partial charge in [0, 0.05) is 6.54 Å². The van der Waals surface area contributed by atoms with Crippen molar-refractivity contribution in [3.8, 4) is 0 Å². The molecule has 2 aromatic rings. The number of benzene rings is 1. The Balaban J connectivity index is 1.74. The molecule has 1 fully saturated rings. The van der Waals surface area contributed by atoms with Crippen LogP contribution in [-0.4, -0.2) is 45.7 Å². The van der Waals surface area contributed by atoms with Crippen molar-refractivity contribution in [1.29, 1.82) is 0 Å². The van der Waals surface area contributed by atoms with Gasteiger partial charge in [-0.3, -0.25) is 9.89 Å². The number of ether oxygens (including phenoxy) is 1. The standard InChI is InChI=1S/C14H16N4O2/c1-10-15-13(17-16-10)14(19)18-7-8-20-12(9-18)11-5-3-2-4-6-11/h2-6,12H,7-9H2,1H3,(H,15,16,17). The van der Waals surface area contributed by atoms with Gasteiger partial charge < -0.3 is 9.64 Å². The summed E-state index contributed by atoms with van der Waals surface area (Å²) in [4.78, 5) is 18.1. The van der Waals surface area contributed by atoms with E-state index in [1.807, 2.05) is 30.3 Å². The molecule has 1 N–H and O–H groups in total. The quantitative estimate of drug-likeness (QED) is 0.895. The number of rotatable bonds is 2. The van der Waals surface area contributed by atoms with Gasteiger partial charge in [-0.25, -0.2) is 4.98 Å². The molecular formula is C14H16N4O2. The van der Waals surface area contributed by atoms with E-state index < -0.39 is 0 Å². The molecular weight excluding hydrogens is 256 g/mol. The third kappa shape index (κ3) is 2.55. The van der Waals surface area contributed by atoms with E-state index in [2.05, 4.69) is 15.2 Å². The number of morpholine rings is 1. The Morgan fingerprint density at radius 2 is 2.20 bits per heavy atom. The molecule has 1 saturated heterocycles. The minimum absolute atomic E-state index is 0.0889. The fourth-order valence-electron chi connectivity index (χ4n) is 2.28. The number of carbonyl (C=O) groups is 1. The Bertz CT molecular complexity index is 596. The van der Waals surface area contributed by atoms with Gasteiger partial charge in [0.25, 0.3) is 5.91 Å². The first-order valence-electron chi connectivity index (χ1n) is 6.59. The minimum atomic E-state index is -0.154. The van der Waals surface area contributed by atoms with Gasteiger partial charge in [0.2, 0.25) is 5.82 Å². The number of hydrogen-bond acceptors (Lipinski definition) is 4. The molecule has 1 aromatic heterocycles. The van der Waals surface area contributed by atoms with Crippen molar-refractivity contribution in [3.05, 3.63) is 47.5 Å². The third-order valence-corrected chi connectivity index (χ3v) is 3.31. The van der Waals surface area contributed by atoms with Gasteiger partial charge in [0.15, 0.2) is 0 Å². The average Bonchev–Trinajstić information content (AvgIpc) is 2.94. The topological polar surface area (TPSA) is 71.1 Å². The van der Waals surface area contributed by atoms with Crippen LogP contribution in [0.15, 0.2) is 30.3 Å².